The van der Waals surface area contributed by atoms with E-state index in [-0.39, 0.29) is 17.9 Å². The molecule has 0 aliphatic heterocycles. The van der Waals surface area contributed by atoms with Gasteiger partial charge in [-0.05, 0) is 20.8 Å². The lowest BCUT2D eigenvalue weighted by Crippen LogP contribution is -2.20. The number of amides is 1. The number of carbonyl (C=O) groups excluding carboxylic acids is 1. The highest BCUT2D eigenvalue weighted by molar-refractivity contribution is 6.31. The fourth-order valence-electron chi connectivity index (χ4n) is 2.12. The highest BCUT2D eigenvalue weighted by Gasteiger charge is 2.12. The van der Waals surface area contributed by atoms with Gasteiger partial charge in [0.15, 0.2) is 0 Å². The van der Waals surface area contributed by atoms with E-state index in [0.29, 0.717) is 17.3 Å². The molecule has 2 aromatic rings. The van der Waals surface area contributed by atoms with Crippen molar-refractivity contribution in [3.63, 3.8) is 0 Å². The minimum atomic E-state index is -0.502. The summed E-state index contributed by atoms with van der Waals surface area (Å²) in [5, 5.41) is 12.5. The van der Waals surface area contributed by atoms with Crippen LogP contribution in [0.4, 0.5) is 4.39 Å². The van der Waals surface area contributed by atoms with Crippen LogP contribution in [0.5, 0.6) is 0 Å². The lowest BCUT2D eigenvalue weighted by Gasteiger charge is -2.03. The van der Waals surface area contributed by atoms with E-state index in [1.807, 2.05) is 6.92 Å². The van der Waals surface area contributed by atoms with Crippen LogP contribution in [0.15, 0.2) is 5.10 Å². The van der Waals surface area contributed by atoms with E-state index in [9.17, 15) is 9.18 Å². The number of carbonyl (C=O) groups is 1. The van der Waals surface area contributed by atoms with Gasteiger partial charge in [0.25, 0.3) is 0 Å². The van der Waals surface area contributed by atoms with Crippen molar-refractivity contribution in [2.24, 2.45) is 12.1 Å². The van der Waals surface area contributed by atoms with Gasteiger partial charge in [0.2, 0.25) is 11.9 Å². The maximum Gasteiger partial charge on any atom is 0.241 e. The molecular weight excluding hydrogens is 323 g/mol. The number of nitrogens with zero attached hydrogens (tertiary/aromatic N) is 5. The highest BCUT2D eigenvalue weighted by Crippen LogP contribution is 2.18. The summed E-state index contributed by atoms with van der Waals surface area (Å²) in [5.74, 6) is -0.801. The molecule has 1 amide bonds. The number of aryl methyl sites for hydroxylation is 4. The van der Waals surface area contributed by atoms with E-state index in [1.165, 1.54) is 13.3 Å². The smallest absolute Gasteiger partial charge is 0.241 e. The van der Waals surface area contributed by atoms with Crippen LogP contribution < -0.4 is 5.43 Å². The number of hydrogen-bond donors (Lipinski definition) is 1. The molecule has 2 aromatic heterocycles. The first-order valence-electron chi connectivity index (χ1n) is 7.01. The molecule has 0 atom stereocenters. The Morgan fingerprint density at radius 3 is 2.57 bits per heavy atom. The number of halogens is 2. The van der Waals surface area contributed by atoms with Crippen molar-refractivity contribution in [3.8, 4) is 0 Å². The van der Waals surface area contributed by atoms with E-state index in [2.05, 4.69) is 20.7 Å². The summed E-state index contributed by atoms with van der Waals surface area (Å²) in [6.45, 7) is 5.70. The van der Waals surface area contributed by atoms with E-state index >= 15 is 0 Å². The molecule has 0 fully saturated rings. The standard InChI is InChI=1S/C14H18ClFN6O/c1-8-11(14(16)21(4)19-8)7-17-18-12(23)5-6-22-10(3)13(15)9(2)20-22/h7H,5-6H2,1-4H3,(H,18,23). The molecule has 0 saturated heterocycles. The summed E-state index contributed by atoms with van der Waals surface area (Å²) in [6, 6.07) is 0. The second-order valence-electron chi connectivity index (χ2n) is 5.16. The number of hydrogen-bond acceptors (Lipinski definition) is 4. The van der Waals surface area contributed by atoms with Crippen molar-refractivity contribution in [2.75, 3.05) is 0 Å². The van der Waals surface area contributed by atoms with Crippen LogP contribution in [-0.4, -0.2) is 31.7 Å². The van der Waals surface area contributed by atoms with Gasteiger partial charge >= 0.3 is 0 Å². The van der Waals surface area contributed by atoms with Crippen LogP contribution in [0.2, 0.25) is 5.02 Å². The molecule has 23 heavy (non-hydrogen) atoms. The van der Waals surface area contributed by atoms with Crippen LogP contribution in [0.3, 0.4) is 0 Å². The van der Waals surface area contributed by atoms with Crippen LogP contribution in [0.25, 0.3) is 0 Å². The van der Waals surface area contributed by atoms with Gasteiger partial charge in [-0.25, -0.2) is 10.1 Å². The molecule has 0 aliphatic rings. The van der Waals surface area contributed by atoms with E-state index < -0.39 is 5.95 Å². The zero-order valence-corrected chi connectivity index (χ0v) is 14.1. The number of aromatic nitrogens is 4. The third-order valence-corrected chi connectivity index (χ3v) is 3.97. The van der Waals surface area contributed by atoms with Crippen molar-refractivity contribution >= 4 is 23.7 Å². The van der Waals surface area contributed by atoms with Gasteiger partial charge in [-0.15, -0.1) is 0 Å². The Labute approximate surface area is 138 Å². The minimum Gasteiger partial charge on any atom is -0.273 e. The molecule has 0 radical (unpaired) electrons. The van der Waals surface area contributed by atoms with Crippen molar-refractivity contribution in [1.29, 1.82) is 0 Å². The van der Waals surface area contributed by atoms with Gasteiger partial charge in [-0.3, -0.25) is 9.48 Å². The predicted octanol–water partition coefficient (Wildman–Crippen LogP) is 1.87. The molecule has 2 heterocycles. The lowest BCUT2D eigenvalue weighted by atomic mass is 10.3. The van der Waals surface area contributed by atoms with E-state index in [0.717, 1.165) is 16.1 Å². The van der Waals surface area contributed by atoms with Gasteiger partial charge in [0.1, 0.15) is 0 Å². The zero-order valence-electron chi connectivity index (χ0n) is 13.4. The van der Waals surface area contributed by atoms with Crippen molar-refractivity contribution in [3.05, 3.63) is 33.6 Å². The first-order valence-corrected chi connectivity index (χ1v) is 7.39. The Morgan fingerprint density at radius 1 is 1.35 bits per heavy atom. The minimum absolute atomic E-state index is 0.185. The first kappa shape index (κ1) is 17.1. The monoisotopic (exact) mass is 340 g/mol. The third kappa shape index (κ3) is 3.76. The molecule has 1 N–H and O–H groups in total. The van der Waals surface area contributed by atoms with Crippen LogP contribution in [-0.2, 0) is 18.4 Å². The van der Waals surface area contributed by atoms with Crippen LogP contribution in [0.1, 0.15) is 29.1 Å². The van der Waals surface area contributed by atoms with Crippen LogP contribution >= 0.6 is 11.6 Å². The topological polar surface area (TPSA) is 77.1 Å². The summed E-state index contributed by atoms with van der Waals surface area (Å²) >= 11 is 6.05. The van der Waals surface area contributed by atoms with Gasteiger partial charge < -0.3 is 0 Å². The average Bonchev–Trinajstić information content (AvgIpc) is 2.89. The third-order valence-electron chi connectivity index (χ3n) is 3.42. The summed E-state index contributed by atoms with van der Waals surface area (Å²) in [6.07, 6.45) is 1.43. The summed E-state index contributed by atoms with van der Waals surface area (Å²) in [4.78, 5) is 11.8. The van der Waals surface area contributed by atoms with Gasteiger partial charge in [-0.2, -0.15) is 19.7 Å². The molecule has 0 aromatic carbocycles. The molecular formula is C14H18ClFN6O. The lowest BCUT2D eigenvalue weighted by molar-refractivity contribution is -0.121. The Balaban J connectivity index is 1.90. The largest absolute Gasteiger partial charge is 0.273 e. The molecule has 0 bridgehead atoms. The maximum absolute atomic E-state index is 13.7. The SMILES string of the molecule is Cc1nn(CCC(=O)NN=Cc2c(C)nn(C)c2F)c(C)c1Cl. The Bertz CT molecular complexity index is 764. The molecule has 0 spiro atoms. The normalized spacial score (nSPS) is 11.4. The zero-order chi connectivity index (χ0) is 17.1. The average molecular weight is 341 g/mol. The molecule has 7 nitrogen and oxygen atoms in total. The second-order valence-corrected chi connectivity index (χ2v) is 5.54. The highest BCUT2D eigenvalue weighted by atomic mass is 35.5. The van der Waals surface area contributed by atoms with Gasteiger partial charge in [0, 0.05) is 13.5 Å². The van der Waals surface area contributed by atoms with Gasteiger partial charge in [-0.1, -0.05) is 11.6 Å². The Kier molecular flexibility index (Phi) is 5.15. The maximum atomic E-state index is 13.7. The van der Waals surface area contributed by atoms with Crippen molar-refractivity contribution in [2.45, 2.75) is 33.7 Å². The van der Waals surface area contributed by atoms with Crippen LogP contribution in [0, 0.1) is 26.7 Å². The second kappa shape index (κ2) is 6.91. The fraction of sp³-hybridized carbons (Fsp3) is 0.429. The number of hydrazone groups is 1. The Hall–Kier alpha value is -2.22. The summed E-state index contributed by atoms with van der Waals surface area (Å²) in [5.41, 5.74) is 4.65. The fourth-order valence-corrected chi connectivity index (χ4v) is 2.25. The predicted molar refractivity (Wildman–Crippen MR) is 85.0 cm³/mol. The molecule has 2 rings (SSSR count). The van der Waals surface area contributed by atoms with Crippen molar-refractivity contribution in [1.82, 2.24) is 25.0 Å². The van der Waals surface area contributed by atoms with E-state index in [1.54, 1.807) is 18.5 Å². The molecule has 0 unspecified atom stereocenters. The van der Waals surface area contributed by atoms with E-state index in [4.69, 9.17) is 11.6 Å². The number of rotatable bonds is 5. The molecule has 0 saturated carbocycles. The quantitative estimate of drug-likeness (QED) is 0.667. The van der Waals surface area contributed by atoms with Gasteiger partial charge in [0.05, 0.1) is 40.4 Å². The number of nitrogens with one attached hydrogen (secondary N) is 1. The Morgan fingerprint density at radius 2 is 2.04 bits per heavy atom. The molecule has 124 valence electrons. The molecule has 0 aliphatic carbocycles. The summed E-state index contributed by atoms with van der Waals surface area (Å²) < 4.78 is 16.5. The molecule has 9 heteroatoms. The van der Waals surface area contributed by atoms with Crippen molar-refractivity contribution < 1.29 is 9.18 Å². The first-order chi connectivity index (χ1) is 10.8. The summed E-state index contributed by atoms with van der Waals surface area (Å²) in [7, 11) is 1.50.